The van der Waals surface area contributed by atoms with Gasteiger partial charge < -0.3 is 5.73 Å². The van der Waals surface area contributed by atoms with Crippen LogP contribution in [0.4, 0.5) is 0 Å². The van der Waals surface area contributed by atoms with Gasteiger partial charge in [-0.2, -0.15) is 0 Å². The van der Waals surface area contributed by atoms with Crippen LogP contribution in [0.3, 0.4) is 0 Å². The first kappa shape index (κ1) is 9.74. The van der Waals surface area contributed by atoms with Gasteiger partial charge in [0.15, 0.2) is 0 Å². The number of carbonyl (C=O) groups excluding carboxylic acids is 1. The molecule has 0 bridgehead atoms. The third-order valence-electron chi connectivity index (χ3n) is 1.30. The van der Waals surface area contributed by atoms with E-state index in [1.165, 1.54) is 0 Å². The predicted octanol–water partition coefficient (Wildman–Crippen LogP) is 2.24. The van der Waals surface area contributed by atoms with E-state index in [1.807, 2.05) is 18.2 Å². The zero-order valence-electron chi connectivity index (χ0n) is 6.18. The summed E-state index contributed by atoms with van der Waals surface area (Å²) in [5.41, 5.74) is 5.96. The van der Waals surface area contributed by atoms with E-state index in [0.717, 1.165) is 14.5 Å². The highest BCUT2D eigenvalue weighted by atomic mass is 79.9. The van der Waals surface area contributed by atoms with Gasteiger partial charge >= 0.3 is 0 Å². The molecule has 64 valence electrons. The number of hydrogen-bond donors (Lipinski definition) is 1. The molecule has 0 fully saturated rings. The predicted molar refractivity (Wildman–Crippen MR) is 54.7 cm³/mol. The molecular weight excluding hydrogens is 286 g/mol. The fraction of sp³-hybridized carbons (Fsp3) is 0.125. The molecule has 0 aliphatic carbocycles. The topological polar surface area (TPSA) is 43.1 Å². The Hall–Kier alpha value is -0.350. The number of nitrogens with two attached hydrogens (primary N) is 1. The van der Waals surface area contributed by atoms with E-state index >= 15 is 0 Å². The Bertz CT molecular complexity index is 292. The Kier molecular flexibility index (Phi) is 3.29. The summed E-state index contributed by atoms with van der Waals surface area (Å²) in [6.45, 7) is 0. The monoisotopic (exact) mass is 291 g/mol. The minimum atomic E-state index is -0.319. The van der Waals surface area contributed by atoms with Crippen molar-refractivity contribution in [1.29, 1.82) is 0 Å². The third kappa shape index (κ3) is 2.95. The van der Waals surface area contributed by atoms with Crippen LogP contribution in [0.1, 0.15) is 5.56 Å². The first-order chi connectivity index (χ1) is 5.58. The molecule has 12 heavy (non-hydrogen) atoms. The SMILES string of the molecule is NC(=O)Cc1cc(Br)cc(Br)c1. The summed E-state index contributed by atoms with van der Waals surface area (Å²) in [6.07, 6.45) is 0.276. The maximum atomic E-state index is 10.6. The Morgan fingerprint density at radius 3 is 2.17 bits per heavy atom. The van der Waals surface area contributed by atoms with Crippen LogP contribution in [-0.4, -0.2) is 5.91 Å². The fourth-order valence-corrected chi connectivity index (χ4v) is 2.30. The standard InChI is InChI=1S/C8H7Br2NO/c9-6-1-5(3-8(11)12)2-7(10)4-6/h1-2,4H,3H2,(H2,11,12). The maximum absolute atomic E-state index is 10.6. The molecule has 0 unspecified atom stereocenters. The summed E-state index contributed by atoms with van der Waals surface area (Å²) in [4.78, 5) is 10.6. The normalized spacial score (nSPS) is 9.83. The average Bonchev–Trinajstić information content (AvgIpc) is 1.81. The highest BCUT2D eigenvalue weighted by Crippen LogP contribution is 2.20. The van der Waals surface area contributed by atoms with Gasteiger partial charge in [0.25, 0.3) is 0 Å². The number of carbonyl (C=O) groups is 1. The molecular formula is C8H7Br2NO. The van der Waals surface area contributed by atoms with E-state index in [-0.39, 0.29) is 12.3 Å². The van der Waals surface area contributed by atoms with Crippen LogP contribution < -0.4 is 5.73 Å². The molecule has 0 atom stereocenters. The van der Waals surface area contributed by atoms with E-state index in [4.69, 9.17) is 5.73 Å². The van der Waals surface area contributed by atoms with Crippen molar-refractivity contribution in [2.45, 2.75) is 6.42 Å². The fourth-order valence-electron chi connectivity index (χ4n) is 0.914. The van der Waals surface area contributed by atoms with Gasteiger partial charge in [0.05, 0.1) is 6.42 Å². The van der Waals surface area contributed by atoms with E-state index in [0.29, 0.717) is 0 Å². The van der Waals surface area contributed by atoms with E-state index in [1.54, 1.807) is 0 Å². The number of benzene rings is 1. The van der Waals surface area contributed by atoms with E-state index < -0.39 is 0 Å². The number of primary amides is 1. The molecule has 0 saturated heterocycles. The van der Waals surface area contributed by atoms with Crippen molar-refractivity contribution in [3.63, 3.8) is 0 Å². The van der Waals surface area contributed by atoms with E-state index in [9.17, 15) is 4.79 Å². The summed E-state index contributed by atoms with van der Waals surface area (Å²) >= 11 is 6.64. The number of hydrogen-bond acceptors (Lipinski definition) is 1. The molecule has 1 aromatic rings. The van der Waals surface area contributed by atoms with Crippen molar-refractivity contribution < 1.29 is 4.79 Å². The smallest absolute Gasteiger partial charge is 0.221 e. The minimum Gasteiger partial charge on any atom is -0.369 e. The second-order valence-corrected chi connectivity index (χ2v) is 4.25. The van der Waals surface area contributed by atoms with Crippen LogP contribution in [0.5, 0.6) is 0 Å². The molecule has 0 spiro atoms. The Balaban J connectivity index is 2.93. The van der Waals surface area contributed by atoms with Crippen LogP contribution in [0.15, 0.2) is 27.1 Å². The van der Waals surface area contributed by atoms with Gasteiger partial charge in [-0.1, -0.05) is 31.9 Å². The summed E-state index contributed by atoms with van der Waals surface area (Å²) in [6, 6.07) is 5.65. The Morgan fingerprint density at radius 2 is 1.75 bits per heavy atom. The Labute approximate surface area is 87.4 Å². The van der Waals surface area contributed by atoms with Crippen LogP contribution in [-0.2, 0) is 11.2 Å². The first-order valence-corrected chi connectivity index (χ1v) is 4.90. The van der Waals surface area contributed by atoms with Crippen LogP contribution in [0.25, 0.3) is 0 Å². The summed E-state index contributed by atoms with van der Waals surface area (Å²) in [7, 11) is 0. The largest absolute Gasteiger partial charge is 0.369 e. The molecule has 0 heterocycles. The second kappa shape index (κ2) is 4.05. The van der Waals surface area contributed by atoms with E-state index in [2.05, 4.69) is 31.9 Å². The lowest BCUT2D eigenvalue weighted by molar-refractivity contribution is -0.117. The third-order valence-corrected chi connectivity index (χ3v) is 2.22. The summed E-state index contributed by atoms with van der Waals surface area (Å²) in [5.74, 6) is -0.319. The average molecular weight is 293 g/mol. The molecule has 2 N–H and O–H groups in total. The molecule has 2 nitrogen and oxygen atoms in total. The molecule has 0 aliphatic rings. The quantitative estimate of drug-likeness (QED) is 0.892. The van der Waals surface area contributed by atoms with Gasteiger partial charge in [0.2, 0.25) is 5.91 Å². The molecule has 1 amide bonds. The van der Waals surface area contributed by atoms with Gasteiger partial charge in [-0.15, -0.1) is 0 Å². The lowest BCUT2D eigenvalue weighted by atomic mass is 10.1. The minimum absolute atomic E-state index is 0.276. The zero-order valence-corrected chi connectivity index (χ0v) is 9.35. The van der Waals surface area contributed by atoms with Crippen molar-refractivity contribution in [3.05, 3.63) is 32.7 Å². The van der Waals surface area contributed by atoms with Gasteiger partial charge in [-0.05, 0) is 23.8 Å². The van der Waals surface area contributed by atoms with Gasteiger partial charge in [0.1, 0.15) is 0 Å². The van der Waals surface area contributed by atoms with Gasteiger partial charge in [-0.25, -0.2) is 0 Å². The maximum Gasteiger partial charge on any atom is 0.221 e. The number of halogens is 2. The zero-order chi connectivity index (χ0) is 9.14. The van der Waals surface area contributed by atoms with Crippen LogP contribution in [0, 0.1) is 0 Å². The molecule has 0 aliphatic heterocycles. The lowest BCUT2D eigenvalue weighted by Gasteiger charge is -1.99. The van der Waals surface area contributed by atoms with Crippen molar-refractivity contribution in [3.8, 4) is 0 Å². The number of amides is 1. The molecule has 1 rings (SSSR count). The highest BCUT2D eigenvalue weighted by Gasteiger charge is 2.00. The number of rotatable bonds is 2. The summed E-state index contributed by atoms with van der Waals surface area (Å²) in [5, 5.41) is 0. The van der Waals surface area contributed by atoms with Crippen molar-refractivity contribution in [2.75, 3.05) is 0 Å². The highest BCUT2D eigenvalue weighted by molar-refractivity contribution is 9.11. The second-order valence-electron chi connectivity index (χ2n) is 2.42. The van der Waals surface area contributed by atoms with Gasteiger partial charge in [-0.3, -0.25) is 4.79 Å². The van der Waals surface area contributed by atoms with Crippen molar-refractivity contribution in [2.24, 2.45) is 5.73 Å². The van der Waals surface area contributed by atoms with Crippen molar-refractivity contribution >= 4 is 37.8 Å². The first-order valence-electron chi connectivity index (χ1n) is 3.31. The van der Waals surface area contributed by atoms with Gasteiger partial charge in [0, 0.05) is 8.95 Å². The molecule has 0 aromatic heterocycles. The molecule has 4 heteroatoms. The Morgan fingerprint density at radius 1 is 1.25 bits per heavy atom. The molecule has 0 radical (unpaired) electrons. The van der Waals surface area contributed by atoms with Crippen molar-refractivity contribution in [1.82, 2.24) is 0 Å². The molecule has 0 saturated carbocycles. The van der Waals surface area contributed by atoms with Crippen LogP contribution >= 0.6 is 31.9 Å². The molecule has 1 aromatic carbocycles. The summed E-state index contributed by atoms with van der Waals surface area (Å²) < 4.78 is 1.88. The lowest BCUT2D eigenvalue weighted by Crippen LogP contribution is -2.13. The van der Waals surface area contributed by atoms with Crippen LogP contribution in [0.2, 0.25) is 0 Å².